The van der Waals surface area contributed by atoms with Crippen molar-refractivity contribution in [3.63, 3.8) is 0 Å². The summed E-state index contributed by atoms with van der Waals surface area (Å²) >= 11 is 1.19. The standard InChI is InChI=1S/C13H13N3O3S2/c1-9(2)13(17)15-10-3-5-11(6-4-10)21(18,19)16-12-7-14-8-20-12/h3-8,16H,1H2,2H3,(H,15,17). The van der Waals surface area contributed by atoms with Crippen LogP contribution < -0.4 is 10.0 Å². The molecule has 0 spiro atoms. The number of sulfonamides is 1. The summed E-state index contributed by atoms with van der Waals surface area (Å²) in [6, 6.07) is 5.86. The molecule has 2 rings (SSSR count). The molecule has 0 unspecified atom stereocenters. The predicted molar refractivity (Wildman–Crippen MR) is 82.8 cm³/mol. The highest BCUT2D eigenvalue weighted by molar-refractivity contribution is 7.93. The number of amides is 1. The number of nitrogens with one attached hydrogen (secondary N) is 2. The molecule has 110 valence electrons. The molecule has 0 saturated carbocycles. The van der Waals surface area contributed by atoms with E-state index in [1.807, 2.05) is 0 Å². The SMILES string of the molecule is C=C(C)C(=O)Nc1ccc(S(=O)(=O)Nc2cncs2)cc1. The molecular formula is C13H13N3O3S2. The molecular weight excluding hydrogens is 310 g/mol. The van der Waals surface area contributed by atoms with Crippen LogP contribution in [0.25, 0.3) is 0 Å². The topological polar surface area (TPSA) is 88.2 Å². The molecule has 2 aromatic rings. The summed E-state index contributed by atoms with van der Waals surface area (Å²) in [7, 11) is -3.65. The Morgan fingerprint density at radius 3 is 2.48 bits per heavy atom. The summed E-state index contributed by atoms with van der Waals surface area (Å²) in [5.74, 6) is -0.312. The average molecular weight is 323 g/mol. The molecule has 0 bridgehead atoms. The first-order chi connectivity index (χ1) is 9.88. The van der Waals surface area contributed by atoms with Gasteiger partial charge in [-0.05, 0) is 31.2 Å². The molecule has 1 aromatic carbocycles. The number of thiazole rings is 1. The molecule has 2 N–H and O–H groups in total. The lowest BCUT2D eigenvalue weighted by Crippen LogP contribution is -2.13. The zero-order valence-corrected chi connectivity index (χ0v) is 12.8. The molecule has 0 atom stereocenters. The maximum absolute atomic E-state index is 12.1. The number of rotatable bonds is 5. The van der Waals surface area contributed by atoms with Gasteiger partial charge in [0.15, 0.2) is 0 Å². The molecule has 8 heteroatoms. The van der Waals surface area contributed by atoms with Gasteiger partial charge in [-0.2, -0.15) is 0 Å². The Morgan fingerprint density at radius 2 is 1.95 bits per heavy atom. The van der Waals surface area contributed by atoms with E-state index in [2.05, 4.69) is 21.6 Å². The van der Waals surface area contributed by atoms with Crippen LogP contribution in [0.2, 0.25) is 0 Å². The van der Waals surface area contributed by atoms with Crippen molar-refractivity contribution in [1.29, 1.82) is 0 Å². The van der Waals surface area contributed by atoms with E-state index in [1.165, 1.54) is 47.3 Å². The van der Waals surface area contributed by atoms with Crippen molar-refractivity contribution in [1.82, 2.24) is 4.98 Å². The smallest absolute Gasteiger partial charge is 0.262 e. The predicted octanol–water partition coefficient (Wildman–Crippen LogP) is 2.46. The summed E-state index contributed by atoms with van der Waals surface area (Å²) in [5.41, 5.74) is 2.41. The second kappa shape index (κ2) is 6.06. The number of aromatic nitrogens is 1. The lowest BCUT2D eigenvalue weighted by molar-refractivity contribution is -0.112. The van der Waals surface area contributed by atoms with Gasteiger partial charge in [0, 0.05) is 11.3 Å². The summed E-state index contributed by atoms with van der Waals surface area (Å²) in [6.07, 6.45) is 1.43. The Bertz CT molecular complexity index is 750. The maximum Gasteiger partial charge on any atom is 0.262 e. The van der Waals surface area contributed by atoms with Gasteiger partial charge in [-0.25, -0.2) is 8.42 Å². The fourth-order valence-electron chi connectivity index (χ4n) is 1.41. The summed E-state index contributed by atoms with van der Waals surface area (Å²) in [6.45, 7) is 5.12. The molecule has 1 heterocycles. The van der Waals surface area contributed by atoms with Gasteiger partial charge < -0.3 is 5.32 Å². The van der Waals surface area contributed by atoms with Crippen LogP contribution in [0.5, 0.6) is 0 Å². The number of anilines is 2. The Hall–Kier alpha value is -2.19. The third-order valence-electron chi connectivity index (χ3n) is 2.48. The third kappa shape index (κ3) is 3.89. The Morgan fingerprint density at radius 1 is 1.29 bits per heavy atom. The molecule has 21 heavy (non-hydrogen) atoms. The number of hydrogen-bond donors (Lipinski definition) is 2. The summed E-state index contributed by atoms with van der Waals surface area (Å²) in [4.78, 5) is 15.4. The van der Waals surface area contributed by atoms with Crippen molar-refractivity contribution >= 4 is 38.0 Å². The van der Waals surface area contributed by atoms with Crippen LogP contribution in [0.3, 0.4) is 0 Å². The number of nitrogens with zero attached hydrogens (tertiary/aromatic N) is 1. The van der Waals surface area contributed by atoms with Crippen molar-refractivity contribution in [3.8, 4) is 0 Å². The van der Waals surface area contributed by atoms with Crippen LogP contribution in [0, 0.1) is 0 Å². The first kappa shape index (κ1) is 15.2. The van der Waals surface area contributed by atoms with E-state index in [1.54, 1.807) is 6.92 Å². The fraction of sp³-hybridized carbons (Fsp3) is 0.0769. The van der Waals surface area contributed by atoms with Crippen LogP contribution in [0.1, 0.15) is 6.92 Å². The maximum atomic E-state index is 12.1. The van der Waals surface area contributed by atoms with E-state index in [0.717, 1.165) is 0 Å². The minimum Gasteiger partial charge on any atom is -0.322 e. The molecule has 0 aliphatic heterocycles. The van der Waals surface area contributed by atoms with E-state index in [4.69, 9.17) is 0 Å². The van der Waals surface area contributed by atoms with Gasteiger partial charge in [0.1, 0.15) is 5.00 Å². The Kier molecular flexibility index (Phi) is 4.39. The highest BCUT2D eigenvalue weighted by atomic mass is 32.2. The molecule has 6 nitrogen and oxygen atoms in total. The molecule has 1 amide bonds. The molecule has 0 aliphatic carbocycles. The quantitative estimate of drug-likeness (QED) is 0.827. The monoisotopic (exact) mass is 323 g/mol. The lowest BCUT2D eigenvalue weighted by Gasteiger charge is -2.08. The van der Waals surface area contributed by atoms with Crippen LogP contribution in [0.4, 0.5) is 10.7 Å². The van der Waals surface area contributed by atoms with Crippen molar-refractivity contribution < 1.29 is 13.2 Å². The third-order valence-corrected chi connectivity index (χ3v) is 4.68. The van der Waals surface area contributed by atoms with Crippen LogP contribution >= 0.6 is 11.3 Å². The minimum atomic E-state index is -3.65. The van der Waals surface area contributed by atoms with Gasteiger partial charge in [0.25, 0.3) is 15.9 Å². The average Bonchev–Trinajstić information content (AvgIpc) is 2.91. The second-order valence-electron chi connectivity index (χ2n) is 4.23. The van der Waals surface area contributed by atoms with Crippen molar-refractivity contribution in [3.05, 3.63) is 48.1 Å². The van der Waals surface area contributed by atoms with Crippen molar-refractivity contribution in [2.75, 3.05) is 10.0 Å². The van der Waals surface area contributed by atoms with Crippen molar-refractivity contribution in [2.45, 2.75) is 11.8 Å². The summed E-state index contributed by atoms with van der Waals surface area (Å²) < 4.78 is 26.6. The zero-order valence-electron chi connectivity index (χ0n) is 11.2. The van der Waals surface area contributed by atoms with E-state index in [-0.39, 0.29) is 10.8 Å². The van der Waals surface area contributed by atoms with Gasteiger partial charge >= 0.3 is 0 Å². The van der Waals surface area contributed by atoms with Crippen molar-refractivity contribution in [2.24, 2.45) is 0 Å². The molecule has 0 radical (unpaired) electrons. The normalized spacial score (nSPS) is 10.9. The first-order valence-corrected chi connectivity index (χ1v) is 8.23. The molecule has 1 aromatic heterocycles. The van der Waals surface area contributed by atoms with Crippen LogP contribution in [0.15, 0.2) is 53.0 Å². The number of carbonyl (C=O) groups excluding carboxylic acids is 1. The Balaban J connectivity index is 2.14. The van der Waals surface area contributed by atoms with Crippen LogP contribution in [-0.2, 0) is 14.8 Å². The van der Waals surface area contributed by atoms with Gasteiger partial charge in [0.2, 0.25) is 0 Å². The highest BCUT2D eigenvalue weighted by Gasteiger charge is 2.15. The van der Waals surface area contributed by atoms with Gasteiger partial charge in [-0.3, -0.25) is 14.5 Å². The lowest BCUT2D eigenvalue weighted by atomic mass is 10.3. The summed E-state index contributed by atoms with van der Waals surface area (Å²) in [5, 5.41) is 3.04. The minimum absolute atomic E-state index is 0.101. The van der Waals surface area contributed by atoms with E-state index in [9.17, 15) is 13.2 Å². The number of carbonyl (C=O) groups is 1. The second-order valence-corrected chi connectivity index (χ2v) is 6.80. The number of hydrogen-bond acceptors (Lipinski definition) is 5. The van der Waals surface area contributed by atoms with Gasteiger partial charge in [-0.15, -0.1) is 11.3 Å². The number of benzene rings is 1. The zero-order chi connectivity index (χ0) is 15.5. The largest absolute Gasteiger partial charge is 0.322 e. The van der Waals surface area contributed by atoms with E-state index in [0.29, 0.717) is 16.3 Å². The molecule has 0 aliphatic rings. The fourth-order valence-corrected chi connectivity index (χ4v) is 3.22. The van der Waals surface area contributed by atoms with Gasteiger partial charge in [-0.1, -0.05) is 6.58 Å². The van der Waals surface area contributed by atoms with Gasteiger partial charge in [0.05, 0.1) is 16.6 Å². The highest BCUT2D eigenvalue weighted by Crippen LogP contribution is 2.20. The van der Waals surface area contributed by atoms with E-state index >= 15 is 0 Å². The molecule has 0 saturated heterocycles. The first-order valence-electron chi connectivity index (χ1n) is 5.87. The Labute approximate surface area is 126 Å². The van der Waals surface area contributed by atoms with E-state index < -0.39 is 10.0 Å². The van der Waals surface area contributed by atoms with Crippen LogP contribution in [-0.4, -0.2) is 19.3 Å². The molecule has 0 fully saturated rings.